The fourth-order valence-corrected chi connectivity index (χ4v) is 2.08. The van der Waals surface area contributed by atoms with Crippen LogP contribution in [-0.4, -0.2) is 14.9 Å². The van der Waals surface area contributed by atoms with Gasteiger partial charge in [-0.1, -0.05) is 24.3 Å². The summed E-state index contributed by atoms with van der Waals surface area (Å²) < 4.78 is 0. The Labute approximate surface area is 121 Å². The zero-order valence-corrected chi connectivity index (χ0v) is 11.8. The first-order chi connectivity index (χ1) is 9.49. The van der Waals surface area contributed by atoms with Crippen LogP contribution in [0.4, 0.5) is 11.5 Å². The van der Waals surface area contributed by atoms with Crippen molar-refractivity contribution in [1.82, 2.24) is 9.97 Å². The quantitative estimate of drug-likeness (QED) is 0.530. The van der Waals surface area contributed by atoms with Crippen LogP contribution >= 0.6 is 11.6 Å². The number of aryl methyl sites for hydroxylation is 1. The van der Waals surface area contributed by atoms with Crippen LogP contribution in [0, 0.1) is 17.0 Å². The van der Waals surface area contributed by atoms with E-state index in [0.29, 0.717) is 0 Å². The van der Waals surface area contributed by atoms with Gasteiger partial charge in [0.25, 0.3) is 0 Å². The minimum atomic E-state index is -0.538. The number of benzene rings is 1. The minimum Gasteiger partial charge on any atom is -0.358 e. The van der Waals surface area contributed by atoms with Crippen molar-refractivity contribution in [3.63, 3.8) is 0 Å². The molecule has 0 saturated heterocycles. The van der Waals surface area contributed by atoms with E-state index < -0.39 is 4.92 Å². The molecule has 0 fully saturated rings. The van der Waals surface area contributed by atoms with Crippen LogP contribution in [0.1, 0.15) is 24.1 Å². The summed E-state index contributed by atoms with van der Waals surface area (Å²) in [6.07, 6.45) is 1.10. The molecule has 0 aliphatic carbocycles. The van der Waals surface area contributed by atoms with Crippen molar-refractivity contribution in [3.05, 3.63) is 57.0 Å². The Balaban J connectivity index is 2.32. The molecule has 0 amide bonds. The molecule has 0 aliphatic heterocycles. The average Bonchev–Trinajstić information content (AvgIpc) is 2.38. The van der Waals surface area contributed by atoms with Gasteiger partial charge in [-0.3, -0.25) is 10.1 Å². The number of hydrogen-bond acceptors (Lipinski definition) is 5. The highest BCUT2D eigenvalue weighted by Gasteiger charge is 2.19. The van der Waals surface area contributed by atoms with Gasteiger partial charge in [-0.15, -0.1) is 0 Å². The maximum Gasteiger partial charge on any atom is 0.329 e. The summed E-state index contributed by atoms with van der Waals surface area (Å²) in [6.45, 7) is 3.89. The molecule has 6 nitrogen and oxygen atoms in total. The van der Waals surface area contributed by atoms with E-state index in [0.717, 1.165) is 17.3 Å². The van der Waals surface area contributed by atoms with Crippen molar-refractivity contribution >= 4 is 23.1 Å². The number of hydrogen-bond donors (Lipinski definition) is 1. The Bertz CT molecular complexity index is 648. The summed E-state index contributed by atoms with van der Waals surface area (Å²) in [7, 11) is 0. The molecular weight excluding hydrogens is 280 g/mol. The van der Waals surface area contributed by atoms with Gasteiger partial charge in [0.05, 0.1) is 11.0 Å². The largest absolute Gasteiger partial charge is 0.358 e. The second-order valence-electron chi connectivity index (χ2n) is 4.35. The molecule has 1 heterocycles. The average molecular weight is 293 g/mol. The van der Waals surface area contributed by atoms with Gasteiger partial charge in [-0.2, -0.15) is 4.98 Å². The molecule has 0 aliphatic rings. The molecule has 1 aromatic heterocycles. The third kappa shape index (κ3) is 3.03. The van der Waals surface area contributed by atoms with E-state index >= 15 is 0 Å². The topological polar surface area (TPSA) is 81.0 Å². The summed E-state index contributed by atoms with van der Waals surface area (Å²) in [5.74, 6) is 0.116. The van der Waals surface area contributed by atoms with Crippen LogP contribution in [0.5, 0.6) is 0 Å². The second-order valence-corrected chi connectivity index (χ2v) is 4.69. The lowest BCUT2D eigenvalue weighted by Gasteiger charge is -2.16. The first kappa shape index (κ1) is 14.2. The predicted molar refractivity (Wildman–Crippen MR) is 76.9 cm³/mol. The van der Waals surface area contributed by atoms with E-state index in [1.54, 1.807) is 0 Å². The number of nitrogens with zero attached hydrogens (tertiary/aromatic N) is 3. The fraction of sp³-hybridized carbons (Fsp3) is 0.231. The van der Waals surface area contributed by atoms with Crippen LogP contribution in [0.15, 0.2) is 30.5 Å². The number of nitrogens with one attached hydrogen (secondary N) is 1. The minimum absolute atomic E-state index is 0.0323. The van der Waals surface area contributed by atoms with Crippen molar-refractivity contribution in [2.45, 2.75) is 19.9 Å². The summed E-state index contributed by atoms with van der Waals surface area (Å²) in [4.78, 5) is 17.9. The van der Waals surface area contributed by atoms with Crippen molar-refractivity contribution in [3.8, 4) is 0 Å². The molecule has 0 bridgehead atoms. The van der Waals surface area contributed by atoms with Gasteiger partial charge in [0.1, 0.15) is 6.20 Å². The number of rotatable bonds is 4. The van der Waals surface area contributed by atoms with E-state index in [1.165, 1.54) is 0 Å². The highest BCUT2D eigenvalue weighted by atomic mass is 35.5. The third-order valence-electron chi connectivity index (χ3n) is 2.94. The third-order valence-corrected chi connectivity index (χ3v) is 3.13. The Morgan fingerprint density at radius 3 is 2.75 bits per heavy atom. The van der Waals surface area contributed by atoms with Crippen LogP contribution < -0.4 is 5.32 Å². The van der Waals surface area contributed by atoms with Crippen LogP contribution in [0.25, 0.3) is 0 Å². The van der Waals surface area contributed by atoms with Crippen molar-refractivity contribution in [2.75, 3.05) is 5.32 Å². The first-order valence-corrected chi connectivity index (χ1v) is 6.36. The van der Waals surface area contributed by atoms with Gasteiger partial charge in [-0.05, 0) is 36.6 Å². The van der Waals surface area contributed by atoms with Crippen LogP contribution in [0.3, 0.4) is 0 Å². The van der Waals surface area contributed by atoms with E-state index in [4.69, 9.17) is 11.6 Å². The molecule has 20 heavy (non-hydrogen) atoms. The van der Waals surface area contributed by atoms with Crippen molar-refractivity contribution in [2.24, 2.45) is 0 Å². The number of aromatic nitrogens is 2. The molecule has 0 radical (unpaired) electrons. The highest BCUT2D eigenvalue weighted by molar-refractivity contribution is 6.28. The maximum atomic E-state index is 11.0. The summed E-state index contributed by atoms with van der Waals surface area (Å²) in [5, 5.41) is 13.9. The normalized spacial score (nSPS) is 11.9. The smallest absolute Gasteiger partial charge is 0.329 e. The predicted octanol–water partition coefficient (Wildman–Crippen LogP) is 3.52. The molecule has 7 heteroatoms. The number of halogens is 1. The Kier molecular flexibility index (Phi) is 4.14. The standard InChI is InChI=1S/C13H13ClN4O2/c1-8-5-3-4-6-10(8)9(2)16-12-11(18(19)20)7-15-13(14)17-12/h3-7,9H,1-2H3,(H,15,16,17). The lowest BCUT2D eigenvalue weighted by Crippen LogP contribution is -2.11. The molecule has 1 atom stereocenters. The van der Waals surface area contributed by atoms with E-state index in [2.05, 4.69) is 15.3 Å². The summed E-state index contributed by atoms with van der Waals surface area (Å²) >= 11 is 5.70. The monoisotopic (exact) mass is 292 g/mol. The molecule has 1 unspecified atom stereocenters. The van der Waals surface area contributed by atoms with Crippen molar-refractivity contribution in [1.29, 1.82) is 0 Å². The van der Waals surface area contributed by atoms with E-state index in [9.17, 15) is 10.1 Å². The van der Waals surface area contributed by atoms with Gasteiger partial charge in [0.15, 0.2) is 0 Å². The van der Waals surface area contributed by atoms with Gasteiger partial charge in [0.2, 0.25) is 11.1 Å². The summed E-state index contributed by atoms with van der Waals surface area (Å²) in [5.41, 5.74) is 1.93. The van der Waals surface area contributed by atoms with E-state index in [-0.39, 0.29) is 22.8 Å². The van der Waals surface area contributed by atoms with Gasteiger partial charge < -0.3 is 5.32 Å². The molecule has 0 saturated carbocycles. The SMILES string of the molecule is Cc1ccccc1C(C)Nc1nc(Cl)ncc1[N+](=O)[O-]. The Morgan fingerprint density at radius 1 is 1.40 bits per heavy atom. The highest BCUT2D eigenvalue weighted by Crippen LogP contribution is 2.27. The molecule has 104 valence electrons. The summed E-state index contributed by atoms with van der Waals surface area (Å²) in [6, 6.07) is 7.66. The molecule has 0 spiro atoms. The number of nitro groups is 1. The second kappa shape index (κ2) is 5.83. The van der Waals surface area contributed by atoms with Crippen LogP contribution in [-0.2, 0) is 0 Å². The fourth-order valence-electron chi connectivity index (χ4n) is 1.95. The maximum absolute atomic E-state index is 11.0. The molecule has 2 rings (SSSR count). The zero-order valence-electron chi connectivity index (χ0n) is 11.0. The van der Waals surface area contributed by atoms with E-state index in [1.807, 2.05) is 38.1 Å². The Hall–Kier alpha value is -2.21. The van der Waals surface area contributed by atoms with Crippen LogP contribution in [0.2, 0.25) is 5.28 Å². The number of anilines is 1. The van der Waals surface area contributed by atoms with Gasteiger partial charge in [-0.25, -0.2) is 4.98 Å². The molecule has 1 N–H and O–H groups in total. The zero-order chi connectivity index (χ0) is 14.7. The Morgan fingerprint density at radius 2 is 2.10 bits per heavy atom. The molecular formula is C13H13ClN4O2. The van der Waals surface area contributed by atoms with Crippen molar-refractivity contribution < 1.29 is 4.92 Å². The first-order valence-electron chi connectivity index (χ1n) is 5.98. The van der Waals surface area contributed by atoms with Gasteiger partial charge >= 0.3 is 5.69 Å². The van der Waals surface area contributed by atoms with Gasteiger partial charge in [0, 0.05) is 0 Å². The lowest BCUT2D eigenvalue weighted by atomic mass is 10.0. The lowest BCUT2D eigenvalue weighted by molar-refractivity contribution is -0.384. The molecule has 1 aromatic carbocycles. The molecule has 2 aromatic rings.